The Balaban J connectivity index is 2.06. The number of nitrogens with zero attached hydrogens (tertiary/aromatic N) is 2. The summed E-state index contributed by atoms with van der Waals surface area (Å²) in [5.74, 6) is 0.345. The van der Waals surface area contributed by atoms with Crippen LogP contribution in [0.4, 0.5) is 4.39 Å². The summed E-state index contributed by atoms with van der Waals surface area (Å²) in [6.45, 7) is 3.13. The van der Waals surface area contributed by atoms with Crippen LogP contribution in [0.25, 0.3) is 0 Å². The van der Waals surface area contributed by atoms with Crippen LogP contribution in [0.1, 0.15) is 18.1 Å². The molecular weight excluding hydrogens is 233 g/mol. The molecule has 0 saturated carbocycles. The van der Waals surface area contributed by atoms with Crippen molar-refractivity contribution in [3.63, 3.8) is 0 Å². The van der Waals surface area contributed by atoms with Crippen molar-refractivity contribution < 1.29 is 9.13 Å². The third-order valence-electron chi connectivity index (χ3n) is 2.71. The zero-order valence-corrected chi connectivity index (χ0v) is 10.3. The molecule has 0 radical (unpaired) electrons. The summed E-state index contributed by atoms with van der Waals surface area (Å²) in [6, 6.07) is 5.14. The Kier molecular flexibility index (Phi) is 3.94. The quantitative estimate of drug-likeness (QED) is 0.882. The van der Waals surface area contributed by atoms with Crippen LogP contribution in [0.5, 0.6) is 5.75 Å². The molecule has 96 valence electrons. The lowest BCUT2D eigenvalue weighted by molar-refractivity contribution is 0.299. The van der Waals surface area contributed by atoms with Crippen molar-refractivity contribution in [2.24, 2.45) is 5.73 Å². The van der Waals surface area contributed by atoms with Gasteiger partial charge in [0, 0.05) is 24.2 Å². The predicted molar refractivity (Wildman–Crippen MR) is 66.5 cm³/mol. The minimum absolute atomic E-state index is 0.176. The van der Waals surface area contributed by atoms with Crippen molar-refractivity contribution in [1.82, 2.24) is 9.78 Å². The van der Waals surface area contributed by atoms with Gasteiger partial charge in [-0.3, -0.25) is 4.68 Å². The first-order valence-corrected chi connectivity index (χ1v) is 5.86. The molecule has 5 heteroatoms. The van der Waals surface area contributed by atoms with Crippen LogP contribution < -0.4 is 10.5 Å². The maximum absolute atomic E-state index is 13.9. The molecule has 0 bridgehead atoms. The maximum atomic E-state index is 13.9. The van der Waals surface area contributed by atoms with E-state index >= 15 is 0 Å². The van der Waals surface area contributed by atoms with Crippen molar-refractivity contribution >= 4 is 0 Å². The van der Waals surface area contributed by atoms with Gasteiger partial charge in [0.25, 0.3) is 0 Å². The van der Waals surface area contributed by atoms with E-state index in [0.29, 0.717) is 16.9 Å². The Morgan fingerprint density at radius 1 is 1.39 bits per heavy atom. The average Bonchev–Trinajstić information content (AvgIpc) is 2.85. The summed E-state index contributed by atoms with van der Waals surface area (Å²) >= 11 is 0. The summed E-state index contributed by atoms with van der Waals surface area (Å²) in [7, 11) is 0. The number of halogens is 1. The number of hydrogen-bond acceptors (Lipinski definition) is 3. The molecular formula is C13H16FN3O. The lowest BCUT2D eigenvalue weighted by Crippen LogP contribution is -2.05. The third kappa shape index (κ3) is 2.68. The minimum Gasteiger partial charge on any atom is -0.486 e. The van der Waals surface area contributed by atoms with Gasteiger partial charge in [0.2, 0.25) is 0 Å². The highest BCUT2D eigenvalue weighted by Crippen LogP contribution is 2.16. The standard InChI is InChI=1S/C13H16FN3O/c1-2-17-8-12(7-16-17)18-9-11-5-3-4-10(6-15)13(11)14/h3-5,7-8H,2,6,9,15H2,1H3. The van der Waals surface area contributed by atoms with E-state index in [1.807, 2.05) is 6.92 Å². The number of aryl methyl sites for hydroxylation is 1. The fourth-order valence-electron chi connectivity index (χ4n) is 1.66. The van der Waals surface area contributed by atoms with Gasteiger partial charge in [-0.25, -0.2) is 4.39 Å². The Bertz CT molecular complexity index is 525. The van der Waals surface area contributed by atoms with Crippen LogP contribution in [0, 0.1) is 5.82 Å². The average molecular weight is 249 g/mol. The van der Waals surface area contributed by atoms with E-state index in [9.17, 15) is 4.39 Å². The Morgan fingerprint density at radius 3 is 2.83 bits per heavy atom. The second kappa shape index (κ2) is 5.64. The zero-order valence-electron chi connectivity index (χ0n) is 10.3. The van der Waals surface area contributed by atoms with Gasteiger partial charge in [0.15, 0.2) is 5.75 Å². The molecule has 2 N–H and O–H groups in total. The molecule has 0 atom stereocenters. The largest absolute Gasteiger partial charge is 0.486 e. The summed E-state index contributed by atoms with van der Waals surface area (Å²) in [4.78, 5) is 0. The van der Waals surface area contributed by atoms with Gasteiger partial charge in [-0.2, -0.15) is 5.10 Å². The molecule has 0 unspecified atom stereocenters. The van der Waals surface area contributed by atoms with Gasteiger partial charge in [-0.1, -0.05) is 18.2 Å². The van der Waals surface area contributed by atoms with Crippen LogP contribution >= 0.6 is 0 Å². The van der Waals surface area contributed by atoms with Gasteiger partial charge in [0.1, 0.15) is 12.4 Å². The second-order valence-corrected chi connectivity index (χ2v) is 3.91. The Hall–Kier alpha value is -1.88. The highest BCUT2D eigenvalue weighted by molar-refractivity contribution is 5.26. The number of ether oxygens (including phenoxy) is 1. The number of hydrogen-bond donors (Lipinski definition) is 1. The van der Waals surface area contributed by atoms with Gasteiger partial charge in [-0.15, -0.1) is 0 Å². The molecule has 1 heterocycles. The van der Waals surface area contributed by atoms with Gasteiger partial charge in [0.05, 0.1) is 12.4 Å². The molecule has 0 aliphatic heterocycles. The fourth-order valence-corrected chi connectivity index (χ4v) is 1.66. The fraction of sp³-hybridized carbons (Fsp3) is 0.308. The van der Waals surface area contributed by atoms with Crippen molar-refractivity contribution in [2.75, 3.05) is 0 Å². The van der Waals surface area contributed by atoms with E-state index in [1.54, 1.807) is 35.3 Å². The summed E-state index contributed by atoms with van der Waals surface area (Å²) in [5.41, 5.74) is 6.46. The lowest BCUT2D eigenvalue weighted by Gasteiger charge is -2.07. The maximum Gasteiger partial charge on any atom is 0.157 e. The second-order valence-electron chi connectivity index (χ2n) is 3.91. The molecule has 4 nitrogen and oxygen atoms in total. The van der Waals surface area contributed by atoms with E-state index in [0.717, 1.165) is 6.54 Å². The van der Waals surface area contributed by atoms with Crippen LogP contribution in [-0.4, -0.2) is 9.78 Å². The first-order chi connectivity index (χ1) is 8.74. The molecule has 0 aliphatic rings. The van der Waals surface area contributed by atoms with Crippen LogP contribution in [0.15, 0.2) is 30.6 Å². The highest BCUT2D eigenvalue weighted by atomic mass is 19.1. The summed E-state index contributed by atoms with van der Waals surface area (Å²) in [5, 5.41) is 4.08. The summed E-state index contributed by atoms with van der Waals surface area (Å²) < 4.78 is 21.1. The molecule has 0 amide bonds. The van der Waals surface area contributed by atoms with E-state index < -0.39 is 0 Å². The van der Waals surface area contributed by atoms with E-state index in [-0.39, 0.29) is 19.0 Å². The first kappa shape index (κ1) is 12.6. The van der Waals surface area contributed by atoms with Crippen LogP contribution in [0.3, 0.4) is 0 Å². The minimum atomic E-state index is -0.289. The van der Waals surface area contributed by atoms with Gasteiger partial charge >= 0.3 is 0 Å². The molecule has 2 rings (SSSR count). The van der Waals surface area contributed by atoms with Crippen molar-refractivity contribution in [2.45, 2.75) is 26.6 Å². The molecule has 18 heavy (non-hydrogen) atoms. The first-order valence-electron chi connectivity index (χ1n) is 5.86. The monoisotopic (exact) mass is 249 g/mol. The van der Waals surface area contributed by atoms with Crippen molar-refractivity contribution in [3.8, 4) is 5.75 Å². The van der Waals surface area contributed by atoms with Gasteiger partial charge < -0.3 is 10.5 Å². The molecule has 0 spiro atoms. The van der Waals surface area contributed by atoms with Crippen molar-refractivity contribution in [3.05, 3.63) is 47.5 Å². The molecule has 2 aromatic rings. The Labute approximate surface area is 105 Å². The molecule has 0 saturated heterocycles. The summed E-state index contributed by atoms with van der Waals surface area (Å²) in [6.07, 6.45) is 3.40. The highest BCUT2D eigenvalue weighted by Gasteiger charge is 2.07. The Morgan fingerprint density at radius 2 is 2.17 bits per heavy atom. The number of aromatic nitrogens is 2. The normalized spacial score (nSPS) is 10.6. The van der Waals surface area contributed by atoms with E-state index in [2.05, 4.69) is 5.10 Å². The SMILES string of the molecule is CCn1cc(OCc2cccc(CN)c2F)cn1. The topological polar surface area (TPSA) is 53.1 Å². The van der Waals surface area contributed by atoms with E-state index in [1.165, 1.54) is 0 Å². The smallest absolute Gasteiger partial charge is 0.157 e. The van der Waals surface area contributed by atoms with Crippen molar-refractivity contribution in [1.29, 1.82) is 0 Å². The van der Waals surface area contributed by atoms with Crippen LogP contribution in [-0.2, 0) is 19.7 Å². The molecule has 0 aliphatic carbocycles. The number of benzene rings is 1. The zero-order chi connectivity index (χ0) is 13.0. The number of rotatable bonds is 5. The van der Waals surface area contributed by atoms with E-state index in [4.69, 9.17) is 10.5 Å². The lowest BCUT2D eigenvalue weighted by atomic mass is 10.1. The predicted octanol–water partition coefficient (Wildman–Crippen LogP) is 2.08. The van der Waals surface area contributed by atoms with Crippen LogP contribution in [0.2, 0.25) is 0 Å². The molecule has 1 aromatic heterocycles. The third-order valence-corrected chi connectivity index (χ3v) is 2.71. The molecule has 1 aromatic carbocycles. The molecule has 0 fully saturated rings. The van der Waals surface area contributed by atoms with Gasteiger partial charge in [-0.05, 0) is 6.92 Å². The number of nitrogens with two attached hydrogens (primary N) is 1.